The number of hydrogen-bond donors (Lipinski definition) is 1. The first-order valence-corrected chi connectivity index (χ1v) is 8.40. The van der Waals surface area contributed by atoms with Gasteiger partial charge in [0.05, 0.1) is 24.5 Å². The van der Waals surface area contributed by atoms with Gasteiger partial charge in [0.1, 0.15) is 0 Å². The molecule has 0 aliphatic carbocycles. The Balaban J connectivity index is 1.78. The predicted molar refractivity (Wildman–Crippen MR) is 88.6 cm³/mol. The minimum absolute atomic E-state index is 0.277. The standard InChI is InChI=1S/C16H17ClN2OS/c1-2-20-16-6-4-12(10-18-16)19-14-7-8-21-15-5-3-11(17)9-13(14)15/h3-6,9-10,14,19H,2,7-8H2,1H3. The van der Waals surface area contributed by atoms with Crippen molar-refractivity contribution in [3.8, 4) is 5.88 Å². The van der Waals surface area contributed by atoms with Gasteiger partial charge >= 0.3 is 0 Å². The van der Waals surface area contributed by atoms with E-state index in [-0.39, 0.29) is 6.04 Å². The van der Waals surface area contributed by atoms with E-state index in [9.17, 15) is 0 Å². The first kappa shape index (κ1) is 14.5. The third-order valence-corrected chi connectivity index (χ3v) is 4.74. The minimum Gasteiger partial charge on any atom is -0.478 e. The van der Waals surface area contributed by atoms with Gasteiger partial charge in [-0.1, -0.05) is 11.6 Å². The van der Waals surface area contributed by atoms with Crippen LogP contribution in [0.5, 0.6) is 5.88 Å². The molecule has 5 heteroatoms. The Morgan fingerprint density at radius 3 is 3.05 bits per heavy atom. The molecule has 1 aromatic carbocycles. The Morgan fingerprint density at radius 1 is 1.38 bits per heavy atom. The van der Waals surface area contributed by atoms with Crippen LogP contribution in [0.4, 0.5) is 5.69 Å². The van der Waals surface area contributed by atoms with Gasteiger partial charge in [0.25, 0.3) is 0 Å². The molecular formula is C16H17ClN2OS. The Bertz CT molecular complexity index is 618. The molecule has 1 aliphatic heterocycles. The van der Waals surface area contributed by atoms with Crippen molar-refractivity contribution in [1.82, 2.24) is 4.98 Å². The Morgan fingerprint density at radius 2 is 2.29 bits per heavy atom. The maximum absolute atomic E-state index is 6.13. The van der Waals surface area contributed by atoms with E-state index in [0.29, 0.717) is 12.5 Å². The van der Waals surface area contributed by atoms with Crippen molar-refractivity contribution < 1.29 is 4.74 Å². The zero-order valence-electron chi connectivity index (χ0n) is 11.8. The summed E-state index contributed by atoms with van der Waals surface area (Å²) < 4.78 is 5.36. The lowest BCUT2D eigenvalue weighted by atomic mass is 10.0. The SMILES string of the molecule is CCOc1ccc(NC2CCSc3ccc(Cl)cc32)cn1. The van der Waals surface area contributed by atoms with Gasteiger partial charge in [-0.2, -0.15) is 0 Å². The van der Waals surface area contributed by atoms with E-state index in [2.05, 4.69) is 22.4 Å². The van der Waals surface area contributed by atoms with Crippen LogP contribution in [0.15, 0.2) is 41.4 Å². The molecule has 0 radical (unpaired) electrons. The molecule has 0 amide bonds. The molecule has 1 aliphatic rings. The number of nitrogens with one attached hydrogen (secondary N) is 1. The molecule has 3 rings (SSSR count). The fourth-order valence-electron chi connectivity index (χ4n) is 2.42. The van der Waals surface area contributed by atoms with Gasteiger partial charge in [0.2, 0.25) is 5.88 Å². The highest BCUT2D eigenvalue weighted by Crippen LogP contribution is 2.39. The summed E-state index contributed by atoms with van der Waals surface area (Å²) in [5, 5.41) is 4.33. The summed E-state index contributed by atoms with van der Waals surface area (Å²) in [6.45, 7) is 2.58. The smallest absolute Gasteiger partial charge is 0.213 e. The molecule has 0 bridgehead atoms. The number of rotatable bonds is 4. The number of anilines is 1. The van der Waals surface area contributed by atoms with Gasteiger partial charge in [0.15, 0.2) is 0 Å². The second-order valence-corrected chi connectivity index (χ2v) is 6.41. The molecule has 0 fully saturated rings. The largest absolute Gasteiger partial charge is 0.478 e. The van der Waals surface area contributed by atoms with Gasteiger partial charge in [0, 0.05) is 21.7 Å². The number of thioether (sulfide) groups is 1. The van der Waals surface area contributed by atoms with E-state index in [1.54, 1.807) is 0 Å². The second kappa shape index (κ2) is 6.58. The monoisotopic (exact) mass is 320 g/mol. The van der Waals surface area contributed by atoms with Gasteiger partial charge < -0.3 is 10.1 Å². The third-order valence-electron chi connectivity index (χ3n) is 3.38. The molecular weight excluding hydrogens is 304 g/mol. The van der Waals surface area contributed by atoms with Crippen LogP contribution in [0.2, 0.25) is 5.02 Å². The fourth-order valence-corrected chi connectivity index (χ4v) is 3.70. The normalized spacial score (nSPS) is 17.1. The Labute approximate surface area is 134 Å². The zero-order chi connectivity index (χ0) is 14.7. The van der Waals surface area contributed by atoms with Crippen LogP contribution in [-0.4, -0.2) is 17.3 Å². The highest BCUT2D eigenvalue weighted by Gasteiger charge is 2.21. The lowest BCUT2D eigenvalue weighted by molar-refractivity contribution is 0.327. The highest BCUT2D eigenvalue weighted by molar-refractivity contribution is 7.99. The summed E-state index contributed by atoms with van der Waals surface area (Å²) in [4.78, 5) is 5.60. The van der Waals surface area contributed by atoms with E-state index < -0.39 is 0 Å². The van der Waals surface area contributed by atoms with Crippen molar-refractivity contribution in [2.75, 3.05) is 17.7 Å². The summed E-state index contributed by atoms with van der Waals surface area (Å²) in [6.07, 6.45) is 2.89. The summed E-state index contributed by atoms with van der Waals surface area (Å²) >= 11 is 8.02. The average Bonchev–Trinajstić information content (AvgIpc) is 2.50. The number of aromatic nitrogens is 1. The predicted octanol–water partition coefficient (Wildman–Crippen LogP) is 4.78. The van der Waals surface area contributed by atoms with Crippen molar-refractivity contribution in [2.24, 2.45) is 0 Å². The number of hydrogen-bond acceptors (Lipinski definition) is 4. The summed E-state index contributed by atoms with van der Waals surface area (Å²) in [5.74, 6) is 1.77. The van der Waals surface area contributed by atoms with Crippen LogP contribution >= 0.6 is 23.4 Å². The first-order valence-electron chi connectivity index (χ1n) is 7.04. The molecule has 0 spiro atoms. The Kier molecular flexibility index (Phi) is 4.56. The van der Waals surface area contributed by atoms with Crippen LogP contribution in [0, 0.1) is 0 Å². The fraction of sp³-hybridized carbons (Fsp3) is 0.312. The van der Waals surface area contributed by atoms with E-state index in [1.807, 2.05) is 43.1 Å². The van der Waals surface area contributed by atoms with E-state index in [1.165, 1.54) is 10.5 Å². The van der Waals surface area contributed by atoms with Crippen molar-refractivity contribution in [2.45, 2.75) is 24.3 Å². The number of nitrogens with zero attached hydrogens (tertiary/aromatic N) is 1. The van der Waals surface area contributed by atoms with Crippen molar-refractivity contribution in [1.29, 1.82) is 0 Å². The molecule has 1 N–H and O–H groups in total. The van der Waals surface area contributed by atoms with E-state index >= 15 is 0 Å². The van der Waals surface area contributed by atoms with Crippen LogP contribution in [0.1, 0.15) is 24.9 Å². The van der Waals surface area contributed by atoms with E-state index in [4.69, 9.17) is 16.3 Å². The van der Waals surface area contributed by atoms with Crippen molar-refractivity contribution >= 4 is 29.1 Å². The lowest BCUT2D eigenvalue weighted by Gasteiger charge is -2.27. The minimum atomic E-state index is 0.277. The molecule has 0 saturated heterocycles. The van der Waals surface area contributed by atoms with Crippen LogP contribution in [-0.2, 0) is 0 Å². The van der Waals surface area contributed by atoms with Crippen molar-refractivity contribution in [3.05, 3.63) is 47.1 Å². The lowest BCUT2D eigenvalue weighted by Crippen LogP contribution is -2.16. The molecule has 1 unspecified atom stereocenters. The number of ether oxygens (including phenoxy) is 1. The molecule has 110 valence electrons. The number of benzene rings is 1. The van der Waals surface area contributed by atoms with Crippen LogP contribution in [0.3, 0.4) is 0 Å². The topological polar surface area (TPSA) is 34.1 Å². The molecule has 1 atom stereocenters. The molecule has 0 saturated carbocycles. The van der Waals surface area contributed by atoms with Gasteiger partial charge in [-0.05, 0) is 43.2 Å². The summed E-state index contributed by atoms with van der Waals surface area (Å²) in [7, 11) is 0. The molecule has 21 heavy (non-hydrogen) atoms. The quantitative estimate of drug-likeness (QED) is 0.879. The maximum Gasteiger partial charge on any atom is 0.213 e. The molecule has 2 aromatic rings. The second-order valence-electron chi connectivity index (χ2n) is 4.83. The van der Waals surface area contributed by atoms with E-state index in [0.717, 1.165) is 22.9 Å². The average molecular weight is 321 g/mol. The van der Waals surface area contributed by atoms with Crippen molar-refractivity contribution in [3.63, 3.8) is 0 Å². The zero-order valence-corrected chi connectivity index (χ0v) is 13.4. The molecule has 2 heterocycles. The van der Waals surface area contributed by atoms with Gasteiger partial charge in [-0.25, -0.2) is 4.98 Å². The number of fused-ring (bicyclic) bond motifs is 1. The Hall–Kier alpha value is -1.39. The van der Waals surface area contributed by atoms with Crippen LogP contribution < -0.4 is 10.1 Å². The summed E-state index contributed by atoms with van der Waals surface area (Å²) in [6, 6.07) is 10.3. The van der Waals surface area contributed by atoms with Gasteiger partial charge in [-0.15, -0.1) is 11.8 Å². The summed E-state index contributed by atoms with van der Waals surface area (Å²) in [5.41, 5.74) is 2.27. The maximum atomic E-state index is 6.13. The van der Waals surface area contributed by atoms with Crippen LogP contribution in [0.25, 0.3) is 0 Å². The highest BCUT2D eigenvalue weighted by atomic mass is 35.5. The molecule has 3 nitrogen and oxygen atoms in total. The first-order chi connectivity index (χ1) is 10.3. The number of halogens is 1. The molecule has 1 aromatic heterocycles. The third kappa shape index (κ3) is 3.44. The van der Waals surface area contributed by atoms with Gasteiger partial charge in [-0.3, -0.25) is 0 Å². The number of pyridine rings is 1.